The fourth-order valence-electron chi connectivity index (χ4n) is 1.30. The lowest BCUT2D eigenvalue weighted by Crippen LogP contribution is -1.98. The van der Waals surface area contributed by atoms with Gasteiger partial charge in [0.05, 0.1) is 12.0 Å². The standard InChI is InChI=1S/C9H8NO3S/c1-14(11,12)5-7-3-2-4-8-9(7)13-6-10-8/h2-4,6H,1,5H2. The zero-order chi connectivity index (χ0) is 10.2. The van der Waals surface area contributed by atoms with Crippen LogP contribution in [0.2, 0.25) is 0 Å². The molecule has 0 aliphatic heterocycles. The van der Waals surface area contributed by atoms with Crippen LogP contribution < -0.4 is 0 Å². The molecule has 0 bridgehead atoms. The molecule has 0 fully saturated rings. The van der Waals surface area contributed by atoms with Gasteiger partial charge in [0.25, 0.3) is 0 Å². The fourth-order valence-corrected chi connectivity index (χ4v) is 2.00. The number of oxazole rings is 1. The van der Waals surface area contributed by atoms with E-state index in [1.807, 2.05) is 0 Å². The van der Waals surface area contributed by atoms with Crippen LogP contribution in [0.5, 0.6) is 0 Å². The first-order valence-electron chi connectivity index (χ1n) is 3.93. The Hall–Kier alpha value is -1.36. The van der Waals surface area contributed by atoms with Crippen molar-refractivity contribution in [3.8, 4) is 0 Å². The molecule has 2 rings (SSSR count). The molecule has 0 N–H and O–H groups in total. The minimum atomic E-state index is -3.28. The summed E-state index contributed by atoms with van der Waals surface area (Å²) in [5.74, 6) is -0.125. The molecule has 5 heteroatoms. The Labute approximate surface area is 81.5 Å². The number of hydrogen-bond donors (Lipinski definition) is 0. The van der Waals surface area contributed by atoms with E-state index >= 15 is 0 Å². The van der Waals surface area contributed by atoms with Crippen LogP contribution in [0, 0.1) is 6.26 Å². The first-order chi connectivity index (χ1) is 6.56. The van der Waals surface area contributed by atoms with Crippen LogP contribution in [0.4, 0.5) is 0 Å². The van der Waals surface area contributed by atoms with Crippen molar-refractivity contribution in [1.82, 2.24) is 4.98 Å². The number of benzene rings is 1. The fraction of sp³-hybridized carbons (Fsp3) is 0.111. The maximum atomic E-state index is 11.0. The van der Waals surface area contributed by atoms with Crippen LogP contribution in [-0.4, -0.2) is 13.4 Å². The van der Waals surface area contributed by atoms with E-state index in [4.69, 9.17) is 4.42 Å². The number of hydrogen-bond acceptors (Lipinski definition) is 4. The van der Waals surface area contributed by atoms with Crippen molar-refractivity contribution < 1.29 is 12.8 Å². The summed E-state index contributed by atoms with van der Waals surface area (Å²) in [4.78, 5) is 3.93. The summed E-state index contributed by atoms with van der Waals surface area (Å²) in [6, 6.07) is 5.19. The van der Waals surface area contributed by atoms with Gasteiger partial charge in [-0.15, -0.1) is 0 Å². The van der Waals surface area contributed by atoms with Crippen molar-refractivity contribution >= 4 is 20.9 Å². The zero-order valence-corrected chi connectivity index (χ0v) is 8.12. The normalized spacial score (nSPS) is 12.1. The molecular formula is C9H8NO3S. The summed E-state index contributed by atoms with van der Waals surface area (Å²) < 4.78 is 27.1. The molecule has 0 spiro atoms. The number of aromatic nitrogens is 1. The molecule has 1 aromatic heterocycles. The Morgan fingerprint density at radius 1 is 1.43 bits per heavy atom. The summed E-state index contributed by atoms with van der Waals surface area (Å²) in [6.07, 6.45) is 4.36. The van der Waals surface area contributed by atoms with Gasteiger partial charge in [-0.2, -0.15) is 0 Å². The molecule has 0 unspecified atom stereocenters. The van der Waals surface area contributed by atoms with E-state index in [1.165, 1.54) is 6.39 Å². The zero-order valence-electron chi connectivity index (χ0n) is 7.30. The number of fused-ring (bicyclic) bond motifs is 1. The highest BCUT2D eigenvalue weighted by Gasteiger charge is 2.10. The number of para-hydroxylation sites is 1. The molecule has 0 saturated carbocycles. The van der Waals surface area contributed by atoms with E-state index in [-0.39, 0.29) is 5.75 Å². The summed E-state index contributed by atoms with van der Waals surface area (Å²) in [7, 11) is -3.28. The Bertz CT molecular complexity index is 556. The molecule has 14 heavy (non-hydrogen) atoms. The molecule has 4 nitrogen and oxygen atoms in total. The molecule has 0 amide bonds. The van der Waals surface area contributed by atoms with Gasteiger partial charge in [-0.05, 0) is 6.07 Å². The summed E-state index contributed by atoms with van der Waals surface area (Å²) in [5.41, 5.74) is 1.76. The molecule has 1 aromatic carbocycles. The predicted octanol–water partition coefficient (Wildman–Crippen LogP) is 1.53. The second-order valence-electron chi connectivity index (χ2n) is 3.01. The Morgan fingerprint density at radius 2 is 2.21 bits per heavy atom. The van der Waals surface area contributed by atoms with Gasteiger partial charge >= 0.3 is 0 Å². The minimum Gasteiger partial charge on any atom is -0.443 e. The first kappa shape index (κ1) is 9.21. The van der Waals surface area contributed by atoms with Gasteiger partial charge in [-0.3, -0.25) is 0 Å². The van der Waals surface area contributed by atoms with Crippen molar-refractivity contribution in [2.75, 3.05) is 0 Å². The molecule has 2 aromatic rings. The van der Waals surface area contributed by atoms with Crippen molar-refractivity contribution in [1.29, 1.82) is 0 Å². The van der Waals surface area contributed by atoms with Gasteiger partial charge in [0.15, 0.2) is 21.8 Å². The van der Waals surface area contributed by atoms with Crippen LogP contribution in [0.3, 0.4) is 0 Å². The van der Waals surface area contributed by atoms with E-state index in [0.717, 1.165) is 0 Å². The third kappa shape index (κ3) is 1.77. The van der Waals surface area contributed by atoms with Crippen LogP contribution in [0.15, 0.2) is 29.0 Å². The predicted molar refractivity (Wildman–Crippen MR) is 52.0 cm³/mol. The summed E-state index contributed by atoms with van der Waals surface area (Å²) in [6.45, 7) is 0. The van der Waals surface area contributed by atoms with Crippen LogP contribution >= 0.6 is 0 Å². The molecule has 0 atom stereocenters. The van der Waals surface area contributed by atoms with Crippen molar-refractivity contribution in [2.45, 2.75) is 5.75 Å². The highest BCUT2D eigenvalue weighted by atomic mass is 32.2. The average molecular weight is 210 g/mol. The van der Waals surface area contributed by atoms with E-state index in [9.17, 15) is 8.42 Å². The Kier molecular flexibility index (Phi) is 2.03. The molecular weight excluding hydrogens is 202 g/mol. The van der Waals surface area contributed by atoms with Gasteiger partial charge in [0.2, 0.25) is 0 Å². The van der Waals surface area contributed by atoms with E-state index in [2.05, 4.69) is 11.2 Å². The Balaban J connectivity index is 2.57. The van der Waals surface area contributed by atoms with Gasteiger partial charge in [0, 0.05) is 5.56 Å². The number of nitrogens with zero attached hydrogens (tertiary/aromatic N) is 1. The van der Waals surface area contributed by atoms with Gasteiger partial charge in [-0.1, -0.05) is 12.1 Å². The van der Waals surface area contributed by atoms with Gasteiger partial charge in [-0.25, -0.2) is 13.4 Å². The second kappa shape index (κ2) is 3.09. The van der Waals surface area contributed by atoms with Crippen molar-refractivity contribution in [3.05, 3.63) is 36.4 Å². The summed E-state index contributed by atoms with van der Waals surface area (Å²) >= 11 is 0. The summed E-state index contributed by atoms with van der Waals surface area (Å²) in [5, 5.41) is 0. The molecule has 0 aliphatic carbocycles. The average Bonchev–Trinajstić information content (AvgIpc) is 2.49. The topological polar surface area (TPSA) is 60.2 Å². The molecule has 73 valence electrons. The third-order valence-electron chi connectivity index (χ3n) is 1.81. The van der Waals surface area contributed by atoms with E-state index in [0.29, 0.717) is 16.7 Å². The second-order valence-corrected chi connectivity index (χ2v) is 4.78. The monoisotopic (exact) mass is 210 g/mol. The SMILES string of the molecule is [CH2]S(=O)(=O)Cc1cccc2ncoc12. The molecule has 0 aliphatic rings. The number of rotatable bonds is 2. The largest absolute Gasteiger partial charge is 0.443 e. The highest BCUT2D eigenvalue weighted by Crippen LogP contribution is 2.19. The van der Waals surface area contributed by atoms with Crippen LogP contribution in [-0.2, 0) is 15.6 Å². The number of sulfone groups is 1. The molecule has 1 radical (unpaired) electrons. The van der Waals surface area contributed by atoms with E-state index < -0.39 is 9.84 Å². The van der Waals surface area contributed by atoms with Crippen molar-refractivity contribution in [3.63, 3.8) is 0 Å². The lowest BCUT2D eigenvalue weighted by atomic mass is 10.2. The van der Waals surface area contributed by atoms with Gasteiger partial charge < -0.3 is 4.42 Å². The lowest BCUT2D eigenvalue weighted by molar-refractivity contribution is 0.593. The Morgan fingerprint density at radius 3 is 2.93 bits per heavy atom. The quantitative estimate of drug-likeness (QED) is 0.754. The van der Waals surface area contributed by atoms with Crippen LogP contribution in [0.25, 0.3) is 11.1 Å². The van der Waals surface area contributed by atoms with Crippen molar-refractivity contribution in [2.24, 2.45) is 0 Å². The van der Waals surface area contributed by atoms with E-state index in [1.54, 1.807) is 18.2 Å². The third-order valence-corrected chi connectivity index (χ3v) is 2.56. The minimum absolute atomic E-state index is 0.125. The smallest absolute Gasteiger partial charge is 0.181 e. The van der Waals surface area contributed by atoms with Gasteiger partial charge in [0.1, 0.15) is 5.52 Å². The maximum absolute atomic E-state index is 11.0. The molecule has 0 saturated heterocycles. The first-order valence-corrected chi connectivity index (χ1v) is 5.75. The highest BCUT2D eigenvalue weighted by molar-refractivity contribution is 7.91. The molecule has 1 heterocycles. The lowest BCUT2D eigenvalue weighted by Gasteiger charge is -1.98. The van der Waals surface area contributed by atoms with Crippen LogP contribution in [0.1, 0.15) is 5.56 Å². The maximum Gasteiger partial charge on any atom is 0.181 e.